The van der Waals surface area contributed by atoms with Gasteiger partial charge < -0.3 is 14.8 Å². The lowest BCUT2D eigenvalue weighted by molar-refractivity contribution is 0.0916. The van der Waals surface area contributed by atoms with Gasteiger partial charge >= 0.3 is 6.09 Å². The SMILES string of the molecule is COc1cccc(C2(C)CCOC(=O)N2)c1. The largest absolute Gasteiger partial charge is 0.497 e. The van der Waals surface area contributed by atoms with Crippen LogP contribution in [0.5, 0.6) is 5.75 Å². The van der Waals surface area contributed by atoms with E-state index in [0.29, 0.717) is 6.61 Å². The lowest BCUT2D eigenvalue weighted by Gasteiger charge is -2.34. The van der Waals surface area contributed by atoms with Crippen LogP contribution in [0, 0.1) is 0 Å². The van der Waals surface area contributed by atoms with E-state index in [2.05, 4.69) is 5.32 Å². The Kier molecular flexibility index (Phi) is 2.73. The Morgan fingerprint density at radius 2 is 2.31 bits per heavy atom. The quantitative estimate of drug-likeness (QED) is 0.831. The van der Waals surface area contributed by atoms with Gasteiger partial charge in [-0.15, -0.1) is 0 Å². The van der Waals surface area contributed by atoms with Gasteiger partial charge in [0.25, 0.3) is 0 Å². The summed E-state index contributed by atoms with van der Waals surface area (Å²) in [5.74, 6) is 0.791. The molecule has 1 aliphatic rings. The van der Waals surface area contributed by atoms with Crippen molar-refractivity contribution in [3.63, 3.8) is 0 Å². The number of nitrogens with one attached hydrogen (secondary N) is 1. The molecule has 0 aliphatic carbocycles. The van der Waals surface area contributed by atoms with Gasteiger partial charge in [0, 0.05) is 6.42 Å². The normalized spacial score (nSPS) is 24.5. The molecule has 4 heteroatoms. The molecule has 0 aromatic heterocycles. The van der Waals surface area contributed by atoms with E-state index in [1.54, 1.807) is 7.11 Å². The number of hydrogen-bond donors (Lipinski definition) is 1. The zero-order valence-electron chi connectivity index (χ0n) is 9.45. The Morgan fingerprint density at radius 1 is 1.50 bits per heavy atom. The summed E-state index contributed by atoms with van der Waals surface area (Å²) >= 11 is 0. The molecule has 1 fully saturated rings. The molecule has 1 aromatic carbocycles. The Bertz CT molecular complexity index is 405. The third-order valence-electron chi connectivity index (χ3n) is 2.92. The van der Waals surface area contributed by atoms with Crippen molar-refractivity contribution in [2.45, 2.75) is 18.9 Å². The highest BCUT2D eigenvalue weighted by Crippen LogP contribution is 2.29. The van der Waals surface area contributed by atoms with E-state index >= 15 is 0 Å². The van der Waals surface area contributed by atoms with Crippen molar-refractivity contribution < 1.29 is 14.3 Å². The Balaban J connectivity index is 2.30. The molecule has 86 valence electrons. The fourth-order valence-electron chi connectivity index (χ4n) is 1.85. The van der Waals surface area contributed by atoms with E-state index in [4.69, 9.17) is 9.47 Å². The summed E-state index contributed by atoms with van der Waals surface area (Å²) in [6.45, 7) is 2.43. The number of hydrogen-bond acceptors (Lipinski definition) is 3. The molecular formula is C12H15NO3. The zero-order chi connectivity index (χ0) is 11.6. The first-order chi connectivity index (χ1) is 7.64. The number of carbonyl (C=O) groups excluding carboxylic acids is 1. The predicted molar refractivity (Wildman–Crippen MR) is 59.4 cm³/mol. The molecule has 1 N–H and O–H groups in total. The first kappa shape index (κ1) is 10.8. The van der Waals surface area contributed by atoms with E-state index in [-0.39, 0.29) is 11.6 Å². The van der Waals surface area contributed by atoms with E-state index in [1.165, 1.54) is 0 Å². The fraction of sp³-hybridized carbons (Fsp3) is 0.417. The van der Waals surface area contributed by atoms with Gasteiger partial charge in [0.15, 0.2) is 0 Å². The highest BCUT2D eigenvalue weighted by molar-refractivity contribution is 5.69. The highest BCUT2D eigenvalue weighted by Gasteiger charge is 2.33. The number of alkyl carbamates (subject to hydrolysis) is 1. The molecule has 1 heterocycles. The zero-order valence-corrected chi connectivity index (χ0v) is 9.45. The topological polar surface area (TPSA) is 47.6 Å². The minimum Gasteiger partial charge on any atom is -0.497 e. The van der Waals surface area contributed by atoms with Crippen LogP contribution in [0.15, 0.2) is 24.3 Å². The van der Waals surface area contributed by atoms with E-state index in [9.17, 15) is 4.79 Å². The van der Waals surface area contributed by atoms with Gasteiger partial charge in [-0.1, -0.05) is 12.1 Å². The summed E-state index contributed by atoms with van der Waals surface area (Å²) in [7, 11) is 1.63. The predicted octanol–water partition coefficient (Wildman–Crippen LogP) is 2.04. The minimum absolute atomic E-state index is 0.364. The van der Waals surface area contributed by atoms with Crippen LogP contribution in [0.4, 0.5) is 4.79 Å². The summed E-state index contributed by atoms with van der Waals surface area (Å²) in [4.78, 5) is 11.2. The van der Waals surface area contributed by atoms with Gasteiger partial charge in [-0.25, -0.2) is 4.79 Å². The van der Waals surface area contributed by atoms with Crippen molar-refractivity contribution in [1.29, 1.82) is 0 Å². The van der Waals surface area contributed by atoms with E-state index in [0.717, 1.165) is 17.7 Å². The summed E-state index contributed by atoms with van der Waals surface area (Å²) in [5.41, 5.74) is 0.660. The molecule has 0 saturated carbocycles. The fourth-order valence-corrected chi connectivity index (χ4v) is 1.85. The Labute approximate surface area is 94.6 Å². The Morgan fingerprint density at radius 3 is 3.00 bits per heavy atom. The number of benzene rings is 1. The molecule has 1 aromatic rings. The highest BCUT2D eigenvalue weighted by atomic mass is 16.6. The van der Waals surface area contributed by atoms with Gasteiger partial charge in [0.1, 0.15) is 5.75 Å². The van der Waals surface area contributed by atoms with Gasteiger partial charge in [0.2, 0.25) is 0 Å². The minimum atomic E-state index is -0.371. The molecule has 4 nitrogen and oxygen atoms in total. The van der Waals surface area contributed by atoms with Crippen LogP contribution in [0.1, 0.15) is 18.9 Å². The molecule has 1 aliphatic heterocycles. The van der Waals surface area contributed by atoms with Crippen molar-refractivity contribution in [3.05, 3.63) is 29.8 Å². The second kappa shape index (κ2) is 4.04. The number of amides is 1. The molecule has 0 spiro atoms. The first-order valence-electron chi connectivity index (χ1n) is 5.23. The summed E-state index contributed by atoms with van der Waals surface area (Å²) in [5, 5.41) is 2.84. The third kappa shape index (κ3) is 1.96. The van der Waals surface area contributed by atoms with Crippen molar-refractivity contribution in [2.75, 3.05) is 13.7 Å². The molecule has 2 rings (SSSR count). The summed E-state index contributed by atoms with van der Waals surface area (Å²) in [6.07, 6.45) is 0.392. The van der Waals surface area contributed by atoms with Crippen molar-refractivity contribution in [2.24, 2.45) is 0 Å². The first-order valence-corrected chi connectivity index (χ1v) is 5.23. The van der Waals surface area contributed by atoms with Crippen molar-refractivity contribution in [1.82, 2.24) is 5.32 Å². The molecule has 16 heavy (non-hydrogen) atoms. The molecule has 1 unspecified atom stereocenters. The summed E-state index contributed by atoms with van der Waals surface area (Å²) in [6, 6.07) is 7.72. The number of rotatable bonds is 2. The molecule has 0 radical (unpaired) electrons. The molecule has 1 atom stereocenters. The van der Waals surface area contributed by atoms with Crippen LogP contribution in [-0.4, -0.2) is 19.8 Å². The van der Waals surface area contributed by atoms with Crippen LogP contribution >= 0.6 is 0 Å². The van der Waals surface area contributed by atoms with Crippen molar-refractivity contribution >= 4 is 6.09 Å². The van der Waals surface area contributed by atoms with Crippen LogP contribution < -0.4 is 10.1 Å². The molecular weight excluding hydrogens is 206 g/mol. The van der Waals surface area contributed by atoms with Gasteiger partial charge in [-0.05, 0) is 24.6 Å². The lowest BCUT2D eigenvalue weighted by atomic mass is 9.88. The maximum absolute atomic E-state index is 11.2. The number of cyclic esters (lactones) is 1. The average Bonchev–Trinajstić information content (AvgIpc) is 2.29. The molecule has 1 amide bonds. The number of methoxy groups -OCH3 is 1. The van der Waals surface area contributed by atoms with Crippen LogP contribution in [0.3, 0.4) is 0 Å². The standard InChI is InChI=1S/C12H15NO3/c1-12(6-7-16-11(14)13-12)9-4-3-5-10(8-9)15-2/h3-5,8H,6-7H2,1-2H3,(H,13,14). The lowest BCUT2D eigenvalue weighted by Crippen LogP contribution is -2.48. The maximum atomic E-state index is 11.2. The number of carbonyl (C=O) groups is 1. The second-order valence-electron chi connectivity index (χ2n) is 4.07. The van der Waals surface area contributed by atoms with E-state index in [1.807, 2.05) is 31.2 Å². The average molecular weight is 221 g/mol. The number of ether oxygens (including phenoxy) is 2. The second-order valence-corrected chi connectivity index (χ2v) is 4.07. The van der Waals surface area contributed by atoms with Gasteiger partial charge in [-0.2, -0.15) is 0 Å². The van der Waals surface area contributed by atoms with Gasteiger partial charge in [-0.3, -0.25) is 0 Å². The smallest absolute Gasteiger partial charge is 0.407 e. The van der Waals surface area contributed by atoms with Gasteiger partial charge in [0.05, 0.1) is 19.3 Å². The monoisotopic (exact) mass is 221 g/mol. The van der Waals surface area contributed by atoms with E-state index < -0.39 is 0 Å². The van der Waals surface area contributed by atoms with Crippen LogP contribution in [-0.2, 0) is 10.3 Å². The third-order valence-corrected chi connectivity index (χ3v) is 2.92. The molecule has 1 saturated heterocycles. The summed E-state index contributed by atoms with van der Waals surface area (Å²) < 4.78 is 10.0. The Hall–Kier alpha value is -1.71. The molecule has 0 bridgehead atoms. The van der Waals surface area contributed by atoms with Crippen LogP contribution in [0.2, 0.25) is 0 Å². The maximum Gasteiger partial charge on any atom is 0.407 e. The van der Waals surface area contributed by atoms with Crippen LogP contribution in [0.25, 0.3) is 0 Å². The van der Waals surface area contributed by atoms with Crippen molar-refractivity contribution in [3.8, 4) is 5.75 Å².